The fourth-order valence-corrected chi connectivity index (χ4v) is 2.69. The van der Waals surface area contributed by atoms with E-state index in [4.69, 9.17) is 0 Å². The third-order valence-electron chi connectivity index (χ3n) is 4.04. The second-order valence-electron chi connectivity index (χ2n) is 5.70. The van der Waals surface area contributed by atoms with Crippen LogP contribution in [0.5, 0.6) is 0 Å². The maximum atomic E-state index is 4.61. The molecule has 0 spiro atoms. The van der Waals surface area contributed by atoms with Crippen LogP contribution in [0.4, 0.5) is 0 Å². The summed E-state index contributed by atoms with van der Waals surface area (Å²) in [7, 11) is 0. The van der Waals surface area contributed by atoms with Crippen LogP contribution in [0.2, 0.25) is 0 Å². The van der Waals surface area contributed by atoms with Gasteiger partial charge in [-0.05, 0) is 31.5 Å². The van der Waals surface area contributed by atoms with Gasteiger partial charge in [-0.1, -0.05) is 69.5 Å². The molecule has 3 heteroatoms. The molecule has 0 saturated carbocycles. The third kappa shape index (κ3) is 4.12. The van der Waals surface area contributed by atoms with Crippen molar-refractivity contribution in [3.05, 3.63) is 90.4 Å². The van der Waals surface area contributed by atoms with E-state index in [9.17, 15) is 0 Å². The smallest absolute Gasteiger partial charge is 0.139 e. The average molecular weight is 345 g/mol. The first-order valence-corrected chi connectivity index (χ1v) is 8.93. The van der Waals surface area contributed by atoms with Crippen molar-refractivity contribution < 1.29 is 0 Å². The van der Waals surface area contributed by atoms with Gasteiger partial charge in [-0.25, -0.2) is 4.98 Å². The summed E-state index contributed by atoms with van der Waals surface area (Å²) in [4.78, 5) is 7.93. The van der Waals surface area contributed by atoms with E-state index in [0.717, 1.165) is 39.4 Å². The number of H-pyrrole nitrogens is 1. The minimum atomic E-state index is 0.759. The van der Waals surface area contributed by atoms with Crippen molar-refractivity contribution in [1.82, 2.24) is 15.3 Å². The molecule has 1 heterocycles. The normalized spacial score (nSPS) is 10.8. The van der Waals surface area contributed by atoms with E-state index in [1.54, 1.807) is 0 Å². The van der Waals surface area contributed by atoms with Crippen molar-refractivity contribution in [2.45, 2.75) is 27.7 Å². The van der Waals surface area contributed by atoms with E-state index in [2.05, 4.69) is 47.5 Å². The predicted molar refractivity (Wildman–Crippen MR) is 114 cm³/mol. The lowest BCUT2D eigenvalue weighted by molar-refractivity contribution is 1.11. The molecule has 0 aliphatic carbocycles. The van der Waals surface area contributed by atoms with Gasteiger partial charge in [0.2, 0.25) is 0 Å². The van der Waals surface area contributed by atoms with Crippen LogP contribution >= 0.6 is 0 Å². The molecule has 0 saturated heterocycles. The zero-order valence-electron chi connectivity index (χ0n) is 16.1. The topological polar surface area (TPSA) is 40.7 Å². The minimum absolute atomic E-state index is 0.759. The Morgan fingerprint density at radius 2 is 1.69 bits per heavy atom. The summed E-state index contributed by atoms with van der Waals surface area (Å²) >= 11 is 0. The molecule has 26 heavy (non-hydrogen) atoms. The number of aromatic amines is 1. The second-order valence-corrected chi connectivity index (χ2v) is 5.70. The minimum Gasteiger partial charge on any atom is -0.355 e. The Morgan fingerprint density at radius 1 is 1.04 bits per heavy atom. The van der Waals surface area contributed by atoms with Crippen LogP contribution in [0.1, 0.15) is 37.7 Å². The molecule has 0 atom stereocenters. The summed E-state index contributed by atoms with van der Waals surface area (Å²) < 4.78 is 0. The molecule has 0 radical (unpaired) electrons. The van der Waals surface area contributed by atoms with Gasteiger partial charge in [0.1, 0.15) is 5.82 Å². The number of aromatic nitrogens is 2. The molecule has 3 aromatic rings. The van der Waals surface area contributed by atoms with E-state index in [-0.39, 0.29) is 0 Å². The molecule has 134 valence electrons. The van der Waals surface area contributed by atoms with Gasteiger partial charge in [0.25, 0.3) is 0 Å². The molecule has 0 aliphatic heterocycles. The van der Waals surface area contributed by atoms with Crippen molar-refractivity contribution in [2.24, 2.45) is 0 Å². The van der Waals surface area contributed by atoms with Crippen LogP contribution in [-0.2, 0) is 0 Å². The Labute approximate surface area is 156 Å². The number of nitrogens with zero attached hydrogens (tertiary/aromatic N) is 1. The molecular formula is C23H27N3. The number of aryl methyl sites for hydroxylation is 1. The van der Waals surface area contributed by atoms with Gasteiger partial charge in [-0.15, -0.1) is 0 Å². The molecule has 3 rings (SSSR count). The van der Waals surface area contributed by atoms with Gasteiger partial charge in [-0.2, -0.15) is 0 Å². The zero-order chi connectivity index (χ0) is 19.1. The molecule has 0 aliphatic rings. The first-order valence-electron chi connectivity index (χ1n) is 8.93. The van der Waals surface area contributed by atoms with Gasteiger partial charge in [0, 0.05) is 22.5 Å². The summed E-state index contributed by atoms with van der Waals surface area (Å²) in [5, 5.41) is 3.37. The van der Waals surface area contributed by atoms with Gasteiger partial charge < -0.3 is 10.3 Å². The molecule has 1 aromatic heterocycles. The second kappa shape index (κ2) is 8.86. The van der Waals surface area contributed by atoms with Crippen LogP contribution in [0.15, 0.2) is 73.5 Å². The zero-order valence-corrected chi connectivity index (χ0v) is 16.1. The molecule has 0 unspecified atom stereocenters. The highest BCUT2D eigenvalue weighted by Gasteiger charge is 2.12. The quantitative estimate of drug-likeness (QED) is 0.551. The molecular weight excluding hydrogens is 318 g/mol. The fraction of sp³-hybridized carbons (Fsp3) is 0.174. The predicted octanol–water partition coefficient (Wildman–Crippen LogP) is 6.08. The van der Waals surface area contributed by atoms with Crippen molar-refractivity contribution in [1.29, 1.82) is 0 Å². The average Bonchev–Trinajstić information content (AvgIpc) is 3.11. The molecule has 0 bridgehead atoms. The van der Waals surface area contributed by atoms with Crippen LogP contribution < -0.4 is 5.32 Å². The fourth-order valence-electron chi connectivity index (χ4n) is 2.69. The van der Waals surface area contributed by atoms with Gasteiger partial charge >= 0.3 is 0 Å². The van der Waals surface area contributed by atoms with Gasteiger partial charge in [-0.3, -0.25) is 0 Å². The lowest BCUT2D eigenvalue weighted by Gasteiger charge is -2.16. The number of para-hydroxylation sites is 2. The van der Waals surface area contributed by atoms with Gasteiger partial charge in [0.05, 0.1) is 11.0 Å². The monoisotopic (exact) mass is 345 g/mol. The van der Waals surface area contributed by atoms with E-state index in [0.29, 0.717) is 0 Å². The van der Waals surface area contributed by atoms with Crippen molar-refractivity contribution in [3.8, 4) is 0 Å². The number of allylic oxidation sites excluding steroid dienone is 2. The van der Waals surface area contributed by atoms with Gasteiger partial charge in [0.15, 0.2) is 0 Å². The first kappa shape index (κ1) is 19.3. The first-order chi connectivity index (χ1) is 12.6. The van der Waals surface area contributed by atoms with Crippen molar-refractivity contribution >= 4 is 22.3 Å². The Kier molecular flexibility index (Phi) is 6.56. The standard InChI is InChI=1S/C21H21N3.C2H6/c1-5-18(22-16(4)17-11-7-6-10-14(17)2)15(3)21-23-19-12-8-9-13-20(19)24-21;1-2/h5-13,22H,3-4H2,1-2H3,(H,23,24);1-2H3/b18-5+;. The van der Waals surface area contributed by atoms with E-state index in [1.807, 2.05) is 63.2 Å². The number of nitrogens with one attached hydrogen (secondary N) is 2. The Bertz CT molecular complexity index is 912. The van der Waals surface area contributed by atoms with Crippen LogP contribution in [-0.4, -0.2) is 9.97 Å². The number of rotatable bonds is 5. The number of hydrogen-bond donors (Lipinski definition) is 2. The maximum absolute atomic E-state index is 4.61. The number of hydrogen-bond acceptors (Lipinski definition) is 2. The number of imidazole rings is 1. The van der Waals surface area contributed by atoms with Crippen LogP contribution in [0, 0.1) is 6.92 Å². The Balaban J connectivity index is 0.00000117. The highest BCUT2D eigenvalue weighted by Crippen LogP contribution is 2.23. The summed E-state index contributed by atoms with van der Waals surface area (Å²) in [5.74, 6) is 0.759. The third-order valence-corrected chi connectivity index (χ3v) is 4.04. The Morgan fingerprint density at radius 3 is 2.35 bits per heavy atom. The van der Waals surface area contributed by atoms with Crippen LogP contribution in [0.3, 0.4) is 0 Å². The maximum Gasteiger partial charge on any atom is 0.139 e. The molecule has 3 nitrogen and oxygen atoms in total. The lowest BCUT2D eigenvalue weighted by atomic mass is 10.1. The highest BCUT2D eigenvalue weighted by molar-refractivity contribution is 5.83. The van der Waals surface area contributed by atoms with Crippen LogP contribution in [0.25, 0.3) is 22.3 Å². The van der Waals surface area contributed by atoms with E-state index < -0.39 is 0 Å². The highest BCUT2D eigenvalue weighted by atomic mass is 15.0. The molecule has 2 aromatic carbocycles. The molecule has 2 N–H and O–H groups in total. The number of benzene rings is 2. The summed E-state index contributed by atoms with van der Waals surface area (Å²) in [6.07, 6.45) is 1.99. The lowest BCUT2D eigenvalue weighted by Crippen LogP contribution is -2.13. The summed E-state index contributed by atoms with van der Waals surface area (Å²) in [6, 6.07) is 16.1. The number of fused-ring (bicyclic) bond motifs is 1. The van der Waals surface area contributed by atoms with E-state index in [1.165, 1.54) is 5.56 Å². The largest absolute Gasteiger partial charge is 0.355 e. The Hall–Kier alpha value is -3.07. The van der Waals surface area contributed by atoms with Crippen molar-refractivity contribution in [3.63, 3.8) is 0 Å². The SMILES string of the molecule is C=C(/C(=C\C)NC(=C)c1ccccc1C)c1nc2ccccc2[nH]1.CC. The molecule has 0 fully saturated rings. The summed E-state index contributed by atoms with van der Waals surface area (Å²) in [5.41, 5.74) is 6.75. The van der Waals surface area contributed by atoms with Crippen molar-refractivity contribution in [2.75, 3.05) is 0 Å². The summed E-state index contributed by atoms with van der Waals surface area (Å²) in [6.45, 7) is 16.4. The van der Waals surface area contributed by atoms with E-state index >= 15 is 0 Å². The molecule has 0 amide bonds.